The van der Waals surface area contributed by atoms with Crippen LogP contribution in [0, 0.1) is 5.92 Å². The number of benzene rings is 1. The van der Waals surface area contributed by atoms with Gasteiger partial charge in [0.05, 0.1) is 5.92 Å². The van der Waals surface area contributed by atoms with E-state index in [0.717, 1.165) is 20.8 Å². The maximum absolute atomic E-state index is 14.8. The van der Waals surface area contributed by atoms with Gasteiger partial charge in [0.1, 0.15) is 18.2 Å². The number of hydrogen-bond donors (Lipinski definition) is 1. The van der Waals surface area contributed by atoms with Gasteiger partial charge in [0.15, 0.2) is 0 Å². The number of ether oxygens (including phenoxy) is 2. The molecular formula is C22H22F13NO4. The second-order valence-electron chi connectivity index (χ2n) is 9.42. The summed E-state index contributed by atoms with van der Waals surface area (Å²) in [7, 11) is 0. The molecule has 0 aliphatic carbocycles. The number of alkyl carbamates (subject to hydrolysis) is 1. The number of alkyl halides is 13. The van der Waals surface area contributed by atoms with Crippen molar-refractivity contribution < 1.29 is 76.1 Å². The van der Waals surface area contributed by atoms with E-state index in [1.54, 1.807) is 0 Å². The average molecular weight is 611 g/mol. The molecule has 230 valence electrons. The summed E-state index contributed by atoms with van der Waals surface area (Å²) in [6.07, 6.45) is -9.38. The molecule has 1 N–H and O–H groups in total. The van der Waals surface area contributed by atoms with Crippen LogP contribution in [-0.2, 0) is 20.9 Å². The summed E-state index contributed by atoms with van der Waals surface area (Å²) in [5.74, 6) is -44.2. The molecule has 1 amide bonds. The molecule has 5 nitrogen and oxygen atoms in total. The molecule has 1 aromatic rings. The second-order valence-corrected chi connectivity index (χ2v) is 9.42. The molecule has 1 rings (SSSR count). The SMILES string of the molecule is CC(C(NC(=O)OCc1ccccc1)C(=O)OC(C)(C)C)C(F)(F)C(F)(F)C(F)(F)C(F)(F)C(F)(F)C(F)(F)F. The molecule has 2 atom stereocenters. The molecule has 0 spiro atoms. The maximum Gasteiger partial charge on any atom is 0.460 e. The number of halogens is 13. The van der Waals surface area contributed by atoms with E-state index in [2.05, 4.69) is 9.47 Å². The first-order valence-electron chi connectivity index (χ1n) is 10.8. The Hall–Kier alpha value is -2.95. The first kappa shape index (κ1) is 35.1. The highest BCUT2D eigenvalue weighted by Crippen LogP contribution is 2.61. The molecule has 40 heavy (non-hydrogen) atoms. The molecule has 0 saturated heterocycles. The molecule has 0 radical (unpaired) electrons. The van der Waals surface area contributed by atoms with Crippen LogP contribution in [0.1, 0.15) is 33.3 Å². The summed E-state index contributed by atoms with van der Waals surface area (Å²) in [5, 5.41) is 1.32. The van der Waals surface area contributed by atoms with Crippen molar-refractivity contribution >= 4 is 12.1 Å². The lowest BCUT2D eigenvalue weighted by molar-refractivity contribution is -0.443. The van der Waals surface area contributed by atoms with Crippen molar-refractivity contribution in [2.24, 2.45) is 5.92 Å². The fourth-order valence-electron chi connectivity index (χ4n) is 2.92. The number of esters is 1. The molecule has 0 fully saturated rings. The van der Waals surface area contributed by atoms with Gasteiger partial charge in [-0.15, -0.1) is 0 Å². The average Bonchev–Trinajstić information content (AvgIpc) is 2.78. The van der Waals surface area contributed by atoms with Gasteiger partial charge < -0.3 is 14.8 Å². The fourth-order valence-corrected chi connectivity index (χ4v) is 2.92. The zero-order valence-electron chi connectivity index (χ0n) is 20.8. The van der Waals surface area contributed by atoms with E-state index in [1.165, 1.54) is 35.6 Å². The number of carbonyl (C=O) groups is 2. The van der Waals surface area contributed by atoms with Crippen molar-refractivity contribution in [2.45, 2.75) is 81.7 Å². The minimum atomic E-state index is -8.12. The summed E-state index contributed by atoms with van der Waals surface area (Å²) in [6, 6.07) is 4.13. The van der Waals surface area contributed by atoms with Crippen LogP contribution in [0.15, 0.2) is 30.3 Å². The number of hydrogen-bond acceptors (Lipinski definition) is 4. The number of carbonyl (C=O) groups excluding carboxylic acids is 2. The van der Waals surface area contributed by atoms with Gasteiger partial charge >= 0.3 is 47.9 Å². The summed E-state index contributed by atoms with van der Waals surface area (Å²) >= 11 is 0. The first-order valence-corrected chi connectivity index (χ1v) is 10.8. The minimum Gasteiger partial charge on any atom is -0.458 e. The topological polar surface area (TPSA) is 64.6 Å². The molecule has 0 saturated carbocycles. The van der Waals surface area contributed by atoms with E-state index in [4.69, 9.17) is 0 Å². The number of nitrogens with one attached hydrogen (secondary N) is 1. The Bertz CT molecular complexity index is 1040. The molecule has 2 unspecified atom stereocenters. The Balaban J connectivity index is 3.48. The Labute approximate surface area is 218 Å². The van der Waals surface area contributed by atoms with Crippen molar-refractivity contribution in [1.29, 1.82) is 0 Å². The van der Waals surface area contributed by atoms with Gasteiger partial charge in [0.2, 0.25) is 0 Å². The fraction of sp³-hybridized carbons (Fsp3) is 0.636. The van der Waals surface area contributed by atoms with Crippen molar-refractivity contribution in [3.63, 3.8) is 0 Å². The highest BCUT2D eigenvalue weighted by molar-refractivity contribution is 5.82. The molecule has 1 aromatic carbocycles. The molecule has 18 heteroatoms. The largest absolute Gasteiger partial charge is 0.460 e. The Morgan fingerprint density at radius 1 is 0.750 bits per heavy atom. The third-order valence-electron chi connectivity index (χ3n) is 5.18. The summed E-state index contributed by atoms with van der Waals surface area (Å²) in [6.45, 7) is 2.50. The van der Waals surface area contributed by atoms with Gasteiger partial charge in [0.25, 0.3) is 0 Å². The second kappa shape index (κ2) is 11.1. The van der Waals surface area contributed by atoms with Gasteiger partial charge in [-0.3, -0.25) is 0 Å². The zero-order valence-corrected chi connectivity index (χ0v) is 20.8. The lowest BCUT2D eigenvalue weighted by Crippen LogP contribution is -2.72. The smallest absolute Gasteiger partial charge is 0.458 e. The van der Waals surface area contributed by atoms with Crippen LogP contribution in [-0.4, -0.2) is 59.5 Å². The van der Waals surface area contributed by atoms with E-state index < -0.39 is 72.0 Å². The van der Waals surface area contributed by atoms with Crippen molar-refractivity contribution in [3.05, 3.63) is 35.9 Å². The van der Waals surface area contributed by atoms with E-state index in [1.807, 2.05) is 0 Å². The lowest BCUT2D eigenvalue weighted by Gasteiger charge is -2.42. The quantitative estimate of drug-likeness (QED) is 0.229. The predicted molar refractivity (Wildman–Crippen MR) is 109 cm³/mol. The number of rotatable bonds is 10. The molecule has 0 heterocycles. The third kappa shape index (κ3) is 6.67. The number of amides is 1. The van der Waals surface area contributed by atoms with Crippen LogP contribution in [0.5, 0.6) is 0 Å². The van der Waals surface area contributed by atoms with E-state index >= 15 is 0 Å². The highest BCUT2D eigenvalue weighted by Gasteiger charge is 2.91. The van der Waals surface area contributed by atoms with E-state index in [9.17, 15) is 66.7 Å². The van der Waals surface area contributed by atoms with Gasteiger partial charge in [-0.1, -0.05) is 37.3 Å². The van der Waals surface area contributed by atoms with Gasteiger partial charge in [0, 0.05) is 0 Å². The van der Waals surface area contributed by atoms with E-state index in [0.29, 0.717) is 0 Å². The van der Waals surface area contributed by atoms with Crippen molar-refractivity contribution in [1.82, 2.24) is 5.32 Å². The Morgan fingerprint density at radius 3 is 1.62 bits per heavy atom. The van der Waals surface area contributed by atoms with Gasteiger partial charge in [-0.2, -0.15) is 57.1 Å². The van der Waals surface area contributed by atoms with Crippen LogP contribution in [0.2, 0.25) is 0 Å². The summed E-state index contributed by atoms with van der Waals surface area (Å²) in [4.78, 5) is 24.6. The molecule has 0 aromatic heterocycles. The lowest BCUT2D eigenvalue weighted by atomic mass is 9.84. The Morgan fingerprint density at radius 2 is 1.20 bits per heavy atom. The molecule has 0 bridgehead atoms. The van der Waals surface area contributed by atoms with Crippen molar-refractivity contribution in [3.8, 4) is 0 Å². The van der Waals surface area contributed by atoms with Crippen LogP contribution in [0.25, 0.3) is 0 Å². The maximum atomic E-state index is 14.8. The monoisotopic (exact) mass is 611 g/mol. The van der Waals surface area contributed by atoms with E-state index in [-0.39, 0.29) is 12.5 Å². The zero-order chi connectivity index (χ0) is 31.8. The normalized spacial score (nSPS) is 15.7. The van der Waals surface area contributed by atoms with Crippen LogP contribution in [0.3, 0.4) is 0 Å². The predicted octanol–water partition coefficient (Wildman–Crippen LogP) is 7.00. The van der Waals surface area contributed by atoms with Gasteiger partial charge in [-0.25, -0.2) is 9.59 Å². The molecule has 0 aliphatic heterocycles. The van der Waals surface area contributed by atoms with Crippen molar-refractivity contribution in [2.75, 3.05) is 0 Å². The summed E-state index contributed by atoms with van der Waals surface area (Å²) in [5.41, 5.74) is -1.35. The minimum absolute atomic E-state index is 0.171. The van der Waals surface area contributed by atoms with Crippen LogP contribution >= 0.6 is 0 Å². The standard InChI is InChI=1S/C22H22F13NO4/c1-11(17(23,24)18(25,26)19(27,28)20(29,30)21(31,32)22(33,34)35)13(14(37)40-16(2,3)4)36-15(38)39-10-12-8-6-5-7-9-12/h5-9,11,13H,10H2,1-4H3,(H,36,38). The molecular weight excluding hydrogens is 589 g/mol. The van der Waals surface area contributed by atoms with Gasteiger partial charge in [-0.05, 0) is 26.3 Å². The summed E-state index contributed by atoms with van der Waals surface area (Å²) < 4.78 is 186. The Kier molecular flexibility index (Phi) is 9.77. The third-order valence-corrected chi connectivity index (χ3v) is 5.18. The van der Waals surface area contributed by atoms with Crippen LogP contribution in [0.4, 0.5) is 61.9 Å². The van der Waals surface area contributed by atoms with Crippen LogP contribution < -0.4 is 5.32 Å². The highest BCUT2D eigenvalue weighted by atomic mass is 19.4. The first-order chi connectivity index (χ1) is 17.6. The molecule has 0 aliphatic rings.